The van der Waals surface area contributed by atoms with Gasteiger partial charge in [-0.05, 0) is 24.4 Å². The van der Waals surface area contributed by atoms with Gasteiger partial charge in [-0.3, -0.25) is 0 Å². The molecule has 4 heteroatoms. The minimum Gasteiger partial charge on any atom is -0.240 e. The number of fused-ring (bicyclic) bond motifs is 1. The molecule has 13 heavy (non-hydrogen) atoms. The van der Waals surface area contributed by atoms with E-state index in [0.717, 1.165) is 21.6 Å². The molecule has 68 valence electrons. The van der Waals surface area contributed by atoms with Gasteiger partial charge in [0.1, 0.15) is 11.8 Å². The van der Waals surface area contributed by atoms with Crippen molar-refractivity contribution >= 4 is 21.7 Å². The molecule has 2 rings (SSSR count). The van der Waals surface area contributed by atoms with Crippen LogP contribution >= 0.6 is 11.5 Å². The Morgan fingerprint density at radius 2 is 2.08 bits per heavy atom. The maximum absolute atomic E-state index is 4.39. The van der Waals surface area contributed by atoms with E-state index in [2.05, 4.69) is 28.2 Å². The van der Waals surface area contributed by atoms with Crippen LogP contribution in [0.3, 0.4) is 0 Å². The molecule has 3 nitrogen and oxygen atoms in total. The Bertz CT molecular complexity index is 433. The smallest absolute Gasteiger partial charge is 0.116 e. The summed E-state index contributed by atoms with van der Waals surface area (Å²) in [4.78, 5) is 8.40. The van der Waals surface area contributed by atoms with Crippen LogP contribution in [0.5, 0.6) is 0 Å². The zero-order valence-corrected chi connectivity index (χ0v) is 8.72. The fourth-order valence-electron chi connectivity index (χ4n) is 1.27. The second kappa shape index (κ2) is 3.03. The Hall–Kier alpha value is -1.03. The number of hydrogen-bond acceptors (Lipinski definition) is 4. The Kier molecular flexibility index (Phi) is 2.00. The van der Waals surface area contributed by atoms with Crippen molar-refractivity contribution < 1.29 is 0 Å². The minimum atomic E-state index is 0.433. The monoisotopic (exact) mass is 193 g/mol. The van der Waals surface area contributed by atoms with E-state index in [1.807, 2.05) is 6.92 Å². The van der Waals surface area contributed by atoms with Gasteiger partial charge in [0.25, 0.3) is 0 Å². The minimum absolute atomic E-state index is 0.433. The maximum atomic E-state index is 4.39. The Morgan fingerprint density at radius 3 is 2.77 bits per heavy atom. The number of hydrogen-bond donors (Lipinski definition) is 0. The van der Waals surface area contributed by atoms with Gasteiger partial charge in [-0.15, -0.1) is 0 Å². The molecule has 0 fully saturated rings. The lowest BCUT2D eigenvalue weighted by Crippen LogP contribution is -1.90. The molecule has 0 aromatic carbocycles. The third kappa shape index (κ3) is 1.31. The molecule has 0 radical (unpaired) electrons. The molecule has 0 aliphatic rings. The van der Waals surface area contributed by atoms with Crippen LogP contribution in [0.1, 0.15) is 31.2 Å². The molecule has 2 aromatic rings. The SMILES string of the molecule is Cc1ncnc2c(C(C)C)nsc12. The molecule has 0 bridgehead atoms. The lowest BCUT2D eigenvalue weighted by molar-refractivity contribution is 0.845. The van der Waals surface area contributed by atoms with Crippen molar-refractivity contribution in [3.63, 3.8) is 0 Å². The third-order valence-corrected chi connectivity index (χ3v) is 2.97. The fourth-order valence-corrected chi connectivity index (χ4v) is 2.19. The summed E-state index contributed by atoms with van der Waals surface area (Å²) in [6, 6.07) is 0. The van der Waals surface area contributed by atoms with Crippen LogP contribution in [0.15, 0.2) is 6.33 Å². The Balaban J connectivity index is 2.75. The first-order valence-electron chi connectivity index (χ1n) is 4.27. The first-order chi connectivity index (χ1) is 6.20. The first kappa shape index (κ1) is 8.56. The standard InChI is InChI=1S/C9H11N3S/c1-5(2)7-8-9(13-12-7)6(3)10-4-11-8/h4-5H,1-3H3. The van der Waals surface area contributed by atoms with Crippen molar-refractivity contribution in [2.24, 2.45) is 0 Å². The van der Waals surface area contributed by atoms with E-state index in [1.54, 1.807) is 6.33 Å². The highest BCUT2D eigenvalue weighted by Gasteiger charge is 2.12. The normalized spacial score (nSPS) is 11.4. The molecular formula is C9H11N3S. The van der Waals surface area contributed by atoms with Crippen molar-refractivity contribution in [1.82, 2.24) is 14.3 Å². The van der Waals surface area contributed by atoms with Crippen molar-refractivity contribution in [3.8, 4) is 0 Å². The second-order valence-electron chi connectivity index (χ2n) is 3.36. The van der Waals surface area contributed by atoms with Gasteiger partial charge in [-0.25, -0.2) is 9.97 Å². The number of aryl methyl sites for hydroxylation is 1. The zero-order chi connectivity index (χ0) is 9.42. The fraction of sp³-hybridized carbons (Fsp3) is 0.444. The third-order valence-electron chi connectivity index (χ3n) is 2.01. The van der Waals surface area contributed by atoms with Gasteiger partial charge in [-0.1, -0.05) is 13.8 Å². The molecule has 0 aliphatic heterocycles. The lowest BCUT2D eigenvalue weighted by atomic mass is 10.1. The van der Waals surface area contributed by atoms with Gasteiger partial charge in [-0.2, -0.15) is 4.37 Å². The van der Waals surface area contributed by atoms with Crippen molar-refractivity contribution in [1.29, 1.82) is 0 Å². The van der Waals surface area contributed by atoms with Crippen LogP contribution in [0.4, 0.5) is 0 Å². The summed E-state index contributed by atoms with van der Waals surface area (Å²) < 4.78 is 5.51. The number of rotatable bonds is 1. The van der Waals surface area contributed by atoms with Gasteiger partial charge >= 0.3 is 0 Å². The van der Waals surface area contributed by atoms with Crippen LogP contribution in [0.2, 0.25) is 0 Å². The highest BCUT2D eigenvalue weighted by molar-refractivity contribution is 7.13. The van der Waals surface area contributed by atoms with Crippen molar-refractivity contribution in [2.75, 3.05) is 0 Å². The summed E-state index contributed by atoms with van der Waals surface area (Å²) >= 11 is 1.49. The summed E-state index contributed by atoms with van der Waals surface area (Å²) in [7, 11) is 0. The average Bonchev–Trinajstić information content (AvgIpc) is 2.48. The Morgan fingerprint density at radius 1 is 1.31 bits per heavy atom. The summed E-state index contributed by atoms with van der Waals surface area (Å²) in [5.74, 6) is 0.433. The molecule has 0 atom stereocenters. The molecule has 0 amide bonds. The molecule has 0 N–H and O–H groups in total. The quantitative estimate of drug-likeness (QED) is 0.698. The topological polar surface area (TPSA) is 38.7 Å². The average molecular weight is 193 g/mol. The molecule has 2 heterocycles. The number of nitrogens with zero attached hydrogens (tertiary/aromatic N) is 3. The van der Waals surface area contributed by atoms with Crippen LogP contribution in [0.25, 0.3) is 10.2 Å². The largest absolute Gasteiger partial charge is 0.240 e. The summed E-state index contributed by atoms with van der Waals surface area (Å²) in [5.41, 5.74) is 3.13. The zero-order valence-electron chi connectivity index (χ0n) is 7.90. The van der Waals surface area contributed by atoms with Crippen LogP contribution in [-0.4, -0.2) is 14.3 Å². The van der Waals surface area contributed by atoms with E-state index < -0.39 is 0 Å². The van der Waals surface area contributed by atoms with Gasteiger partial charge in [0.2, 0.25) is 0 Å². The Labute approximate surface area is 81.0 Å². The van der Waals surface area contributed by atoms with E-state index in [0.29, 0.717) is 5.92 Å². The van der Waals surface area contributed by atoms with E-state index in [1.165, 1.54) is 11.5 Å². The van der Waals surface area contributed by atoms with E-state index >= 15 is 0 Å². The molecule has 0 spiro atoms. The molecule has 0 saturated heterocycles. The summed E-state index contributed by atoms with van der Waals surface area (Å²) in [6.45, 7) is 6.25. The van der Waals surface area contributed by atoms with E-state index in [-0.39, 0.29) is 0 Å². The molecule has 0 aliphatic carbocycles. The molecular weight excluding hydrogens is 182 g/mol. The summed E-state index contributed by atoms with van der Waals surface area (Å²) in [6.07, 6.45) is 1.61. The molecule has 0 saturated carbocycles. The van der Waals surface area contributed by atoms with E-state index in [4.69, 9.17) is 0 Å². The van der Waals surface area contributed by atoms with Gasteiger partial charge in [0.05, 0.1) is 16.1 Å². The predicted molar refractivity (Wildman–Crippen MR) is 54.0 cm³/mol. The van der Waals surface area contributed by atoms with Crippen LogP contribution in [-0.2, 0) is 0 Å². The number of aromatic nitrogens is 3. The van der Waals surface area contributed by atoms with Crippen molar-refractivity contribution in [2.45, 2.75) is 26.7 Å². The van der Waals surface area contributed by atoms with Crippen LogP contribution in [0, 0.1) is 6.92 Å². The maximum Gasteiger partial charge on any atom is 0.116 e. The molecule has 2 aromatic heterocycles. The van der Waals surface area contributed by atoms with Crippen LogP contribution < -0.4 is 0 Å². The molecule has 0 unspecified atom stereocenters. The lowest BCUT2D eigenvalue weighted by Gasteiger charge is -1.99. The van der Waals surface area contributed by atoms with Crippen molar-refractivity contribution in [3.05, 3.63) is 17.7 Å². The van der Waals surface area contributed by atoms with Gasteiger partial charge in [0.15, 0.2) is 0 Å². The van der Waals surface area contributed by atoms with Gasteiger partial charge in [0, 0.05) is 0 Å². The van der Waals surface area contributed by atoms with Gasteiger partial charge < -0.3 is 0 Å². The van der Waals surface area contributed by atoms with E-state index in [9.17, 15) is 0 Å². The predicted octanol–water partition coefficient (Wildman–Crippen LogP) is 2.52. The summed E-state index contributed by atoms with van der Waals surface area (Å²) in [5, 5.41) is 0. The highest BCUT2D eigenvalue weighted by atomic mass is 32.1. The first-order valence-corrected chi connectivity index (χ1v) is 5.04. The highest BCUT2D eigenvalue weighted by Crippen LogP contribution is 2.26. The second-order valence-corrected chi connectivity index (χ2v) is 4.13.